The maximum absolute atomic E-state index is 4.47. The predicted octanol–water partition coefficient (Wildman–Crippen LogP) is 5.92. The van der Waals surface area contributed by atoms with E-state index in [9.17, 15) is 0 Å². The van der Waals surface area contributed by atoms with E-state index in [4.69, 9.17) is 0 Å². The van der Waals surface area contributed by atoms with Crippen LogP contribution in [0, 0.1) is 0 Å². The molecule has 0 aromatic heterocycles. The van der Waals surface area contributed by atoms with Crippen molar-refractivity contribution in [2.24, 2.45) is 15.0 Å². The number of hydrogen-bond donors (Lipinski definition) is 0. The number of hydrogen-bond acceptors (Lipinski definition) is 3. The average Bonchev–Trinajstić information content (AvgIpc) is 2.68. The van der Waals surface area contributed by atoms with E-state index in [0.717, 1.165) is 33.8 Å². The van der Waals surface area contributed by atoms with Gasteiger partial charge in [0.25, 0.3) is 0 Å². The fraction of sp³-hybridized carbons (Fsp3) is 0. The maximum atomic E-state index is 4.47. The minimum Gasteiger partial charge on any atom is -0.265 e. The van der Waals surface area contributed by atoms with Crippen molar-refractivity contribution in [3.63, 3.8) is 0 Å². The number of rotatable bonds is 5. The van der Waals surface area contributed by atoms with Crippen LogP contribution in [-0.4, -0.2) is 18.8 Å². The van der Waals surface area contributed by atoms with Gasteiger partial charge in [0.15, 0.2) is 0 Å². The SMILES string of the molecule is C=C=Nc1ccc(-c2ccc(C=Nc3ccc(N=C)cc3)cc2)cc1. The first-order valence-electron chi connectivity index (χ1n) is 7.83. The van der Waals surface area contributed by atoms with Crippen LogP contribution in [0.25, 0.3) is 11.1 Å². The Hall–Kier alpha value is -3.55. The van der Waals surface area contributed by atoms with Gasteiger partial charge < -0.3 is 0 Å². The second-order valence-corrected chi connectivity index (χ2v) is 5.37. The highest BCUT2D eigenvalue weighted by Crippen LogP contribution is 2.23. The van der Waals surface area contributed by atoms with Gasteiger partial charge in [0.05, 0.1) is 17.1 Å². The maximum Gasteiger partial charge on any atom is 0.0729 e. The van der Waals surface area contributed by atoms with Gasteiger partial charge in [0.2, 0.25) is 0 Å². The fourth-order valence-electron chi connectivity index (χ4n) is 2.37. The Kier molecular flexibility index (Phi) is 5.10. The predicted molar refractivity (Wildman–Crippen MR) is 108 cm³/mol. The van der Waals surface area contributed by atoms with Crippen molar-refractivity contribution in [3.05, 3.63) is 84.9 Å². The molecule has 0 aliphatic carbocycles. The average molecular weight is 323 g/mol. The molecule has 0 bridgehead atoms. The Bertz CT molecular complexity index is 928. The van der Waals surface area contributed by atoms with Gasteiger partial charge >= 0.3 is 0 Å². The summed E-state index contributed by atoms with van der Waals surface area (Å²) in [4.78, 5) is 12.4. The highest BCUT2D eigenvalue weighted by Gasteiger charge is 1.98. The van der Waals surface area contributed by atoms with Crippen LogP contribution in [0.1, 0.15) is 5.56 Å². The monoisotopic (exact) mass is 323 g/mol. The molecule has 0 atom stereocenters. The zero-order valence-corrected chi connectivity index (χ0v) is 13.8. The summed E-state index contributed by atoms with van der Waals surface area (Å²) in [7, 11) is 0. The molecule has 0 radical (unpaired) electrons. The minimum absolute atomic E-state index is 0.841. The zero-order chi connectivity index (χ0) is 17.5. The molecule has 25 heavy (non-hydrogen) atoms. The molecule has 120 valence electrons. The van der Waals surface area contributed by atoms with Gasteiger partial charge in [-0.15, -0.1) is 0 Å². The summed E-state index contributed by atoms with van der Waals surface area (Å²) < 4.78 is 0. The van der Waals surface area contributed by atoms with Gasteiger partial charge in [-0.2, -0.15) is 0 Å². The molecule has 0 heterocycles. The van der Waals surface area contributed by atoms with Gasteiger partial charge in [-0.25, -0.2) is 4.99 Å². The third-order valence-electron chi connectivity index (χ3n) is 3.71. The van der Waals surface area contributed by atoms with Crippen molar-refractivity contribution < 1.29 is 0 Å². The number of aliphatic imine (C=N–C) groups is 3. The molecule has 0 unspecified atom stereocenters. The van der Waals surface area contributed by atoms with E-state index >= 15 is 0 Å². The third kappa shape index (κ3) is 4.25. The summed E-state index contributed by atoms with van der Waals surface area (Å²) in [5, 5.41) is 0. The fourth-order valence-corrected chi connectivity index (χ4v) is 2.37. The normalized spacial score (nSPS) is 10.4. The van der Waals surface area contributed by atoms with Crippen LogP contribution < -0.4 is 0 Å². The molecule has 3 aromatic carbocycles. The molecule has 0 amide bonds. The first-order valence-corrected chi connectivity index (χ1v) is 7.83. The molecule has 3 heteroatoms. The summed E-state index contributed by atoms with van der Waals surface area (Å²) >= 11 is 0. The molecule has 0 aliphatic rings. The topological polar surface area (TPSA) is 37.1 Å². The van der Waals surface area contributed by atoms with Crippen molar-refractivity contribution in [1.29, 1.82) is 0 Å². The number of nitrogens with zero attached hydrogens (tertiary/aromatic N) is 3. The molecule has 3 aromatic rings. The standard InChI is InChI=1S/C22H17N3/c1-3-24-21-10-8-19(9-11-21)18-6-4-17(5-7-18)16-25-22-14-12-20(23-2)13-15-22/h4-16H,1-2H2. The van der Waals surface area contributed by atoms with Gasteiger partial charge in [-0.3, -0.25) is 9.98 Å². The van der Waals surface area contributed by atoms with Crippen molar-refractivity contribution in [3.8, 4) is 11.1 Å². The first-order chi connectivity index (χ1) is 12.3. The first kappa shape index (κ1) is 16.3. The van der Waals surface area contributed by atoms with E-state index in [1.165, 1.54) is 0 Å². The quantitative estimate of drug-likeness (QED) is 0.522. The number of benzene rings is 3. The molecular formula is C22H17N3. The minimum atomic E-state index is 0.841. The Morgan fingerprint density at radius 3 is 1.76 bits per heavy atom. The van der Waals surface area contributed by atoms with Crippen LogP contribution in [-0.2, 0) is 0 Å². The molecule has 0 aliphatic heterocycles. The summed E-state index contributed by atoms with van der Waals surface area (Å²) in [5.41, 5.74) is 5.90. The molecule has 0 spiro atoms. The molecule has 3 rings (SSSR count). The highest BCUT2D eigenvalue weighted by atomic mass is 14.7. The smallest absolute Gasteiger partial charge is 0.0729 e. The molecule has 0 fully saturated rings. The Morgan fingerprint density at radius 1 is 0.680 bits per heavy atom. The van der Waals surface area contributed by atoms with E-state index in [-0.39, 0.29) is 0 Å². The molecule has 0 N–H and O–H groups in total. The van der Waals surface area contributed by atoms with Crippen LogP contribution in [0.3, 0.4) is 0 Å². The lowest BCUT2D eigenvalue weighted by Crippen LogP contribution is -1.82. The van der Waals surface area contributed by atoms with Gasteiger partial charge in [0.1, 0.15) is 0 Å². The molecular weight excluding hydrogens is 306 g/mol. The van der Waals surface area contributed by atoms with E-state index in [1.54, 1.807) is 0 Å². The lowest BCUT2D eigenvalue weighted by Gasteiger charge is -2.03. The Morgan fingerprint density at radius 2 is 1.20 bits per heavy atom. The van der Waals surface area contributed by atoms with Crippen LogP contribution in [0.2, 0.25) is 0 Å². The van der Waals surface area contributed by atoms with E-state index in [1.807, 2.05) is 66.9 Å². The largest absolute Gasteiger partial charge is 0.265 e. The van der Waals surface area contributed by atoms with Crippen LogP contribution in [0.15, 0.2) is 94.4 Å². The second kappa shape index (κ2) is 7.82. The highest BCUT2D eigenvalue weighted by molar-refractivity contribution is 5.83. The molecule has 3 nitrogen and oxygen atoms in total. The van der Waals surface area contributed by atoms with Gasteiger partial charge in [0, 0.05) is 6.21 Å². The van der Waals surface area contributed by atoms with E-state index < -0.39 is 0 Å². The van der Waals surface area contributed by atoms with E-state index in [2.05, 4.69) is 46.3 Å². The van der Waals surface area contributed by atoms with E-state index in [0.29, 0.717) is 0 Å². The van der Waals surface area contributed by atoms with Crippen molar-refractivity contribution in [1.82, 2.24) is 0 Å². The van der Waals surface area contributed by atoms with Gasteiger partial charge in [-0.1, -0.05) is 36.4 Å². The molecule has 0 saturated carbocycles. The lowest BCUT2D eigenvalue weighted by molar-refractivity contribution is 1.49. The summed E-state index contributed by atoms with van der Waals surface area (Å²) in [5.74, 6) is 2.54. The van der Waals surface area contributed by atoms with Crippen LogP contribution in [0.5, 0.6) is 0 Å². The molecule has 0 saturated heterocycles. The zero-order valence-electron chi connectivity index (χ0n) is 13.8. The van der Waals surface area contributed by atoms with Crippen LogP contribution in [0.4, 0.5) is 17.1 Å². The summed E-state index contributed by atoms with van der Waals surface area (Å²) in [6.45, 7) is 6.98. The summed E-state index contributed by atoms with van der Waals surface area (Å²) in [6.07, 6.45) is 1.85. The van der Waals surface area contributed by atoms with Crippen molar-refractivity contribution in [2.45, 2.75) is 0 Å². The summed E-state index contributed by atoms with van der Waals surface area (Å²) in [6, 6.07) is 23.9. The lowest BCUT2D eigenvalue weighted by atomic mass is 10.0. The van der Waals surface area contributed by atoms with Crippen molar-refractivity contribution >= 4 is 35.9 Å². The van der Waals surface area contributed by atoms with Crippen LogP contribution >= 0.6 is 0 Å². The third-order valence-corrected chi connectivity index (χ3v) is 3.71. The Balaban J connectivity index is 1.73. The second-order valence-electron chi connectivity index (χ2n) is 5.37. The Labute approximate surface area is 147 Å². The van der Waals surface area contributed by atoms with Crippen molar-refractivity contribution in [2.75, 3.05) is 0 Å². The van der Waals surface area contributed by atoms with Gasteiger partial charge in [-0.05, 0) is 72.3 Å².